The predicted molar refractivity (Wildman–Crippen MR) is 74.6 cm³/mol. The summed E-state index contributed by atoms with van der Waals surface area (Å²) in [6.07, 6.45) is 4.99. The molecule has 1 fully saturated rings. The number of hydrogen-bond donors (Lipinski definition) is 1. The van der Waals surface area contributed by atoms with E-state index in [1.54, 1.807) is 18.2 Å². The molecule has 20 heavy (non-hydrogen) atoms. The zero-order chi connectivity index (χ0) is 14.4. The lowest BCUT2D eigenvalue weighted by atomic mass is 9.98. The van der Waals surface area contributed by atoms with Crippen LogP contribution in [0.5, 0.6) is 0 Å². The van der Waals surface area contributed by atoms with Gasteiger partial charge in [-0.3, -0.25) is 4.79 Å². The van der Waals surface area contributed by atoms with Gasteiger partial charge in [0.2, 0.25) is 10.0 Å². The van der Waals surface area contributed by atoms with E-state index < -0.39 is 16.0 Å². The Kier molecular flexibility index (Phi) is 5.14. The van der Waals surface area contributed by atoms with Crippen LogP contribution < -0.4 is 4.72 Å². The van der Waals surface area contributed by atoms with Gasteiger partial charge in [-0.05, 0) is 37.8 Å². The van der Waals surface area contributed by atoms with Gasteiger partial charge in [0, 0.05) is 0 Å². The Morgan fingerprint density at radius 3 is 2.45 bits per heavy atom. The van der Waals surface area contributed by atoms with Gasteiger partial charge in [-0.2, -0.15) is 4.72 Å². The number of sulfonamides is 1. The van der Waals surface area contributed by atoms with E-state index in [0.717, 1.165) is 25.7 Å². The fraction of sp³-hybridized carbons (Fsp3) is 0.500. The van der Waals surface area contributed by atoms with E-state index in [4.69, 9.17) is 4.74 Å². The molecule has 0 heterocycles. The minimum atomic E-state index is -3.65. The van der Waals surface area contributed by atoms with Gasteiger partial charge in [-0.15, -0.1) is 0 Å². The molecule has 110 valence electrons. The first-order valence-electron chi connectivity index (χ1n) is 6.82. The molecule has 0 amide bonds. The molecule has 0 radical (unpaired) electrons. The molecule has 1 aromatic carbocycles. The van der Waals surface area contributed by atoms with E-state index in [9.17, 15) is 13.2 Å². The van der Waals surface area contributed by atoms with Crippen LogP contribution in [-0.2, 0) is 19.6 Å². The van der Waals surface area contributed by atoms with Gasteiger partial charge in [0.25, 0.3) is 0 Å². The van der Waals surface area contributed by atoms with Crippen molar-refractivity contribution in [2.75, 3.05) is 6.54 Å². The van der Waals surface area contributed by atoms with Gasteiger partial charge in [0.1, 0.15) is 12.6 Å². The molecule has 0 atom stereocenters. The van der Waals surface area contributed by atoms with Gasteiger partial charge in [-0.1, -0.05) is 24.6 Å². The summed E-state index contributed by atoms with van der Waals surface area (Å²) in [5, 5.41) is 0. The van der Waals surface area contributed by atoms with Crippen molar-refractivity contribution in [2.45, 2.75) is 43.1 Å². The van der Waals surface area contributed by atoms with E-state index in [1.807, 2.05) is 0 Å². The van der Waals surface area contributed by atoms with Crippen LogP contribution in [0.4, 0.5) is 0 Å². The van der Waals surface area contributed by atoms with Crippen LogP contribution in [0.15, 0.2) is 35.2 Å². The molecule has 2 rings (SSSR count). The fourth-order valence-corrected chi connectivity index (χ4v) is 3.24. The molecular formula is C14H19NO4S. The summed E-state index contributed by atoms with van der Waals surface area (Å²) in [7, 11) is -3.65. The Morgan fingerprint density at radius 2 is 1.80 bits per heavy atom. The van der Waals surface area contributed by atoms with Crippen molar-refractivity contribution < 1.29 is 17.9 Å². The molecular weight excluding hydrogens is 278 g/mol. The van der Waals surface area contributed by atoms with E-state index in [-0.39, 0.29) is 17.5 Å². The summed E-state index contributed by atoms with van der Waals surface area (Å²) < 4.78 is 31.3. The second-order valence-electron chi connectivity index (χ2n) is 4.89. The van der Waals surface area contributed by atoms with E-state index >= 15 is 0 Å². The van der Waals surface area contributed by atoms with Crippen LogP contribution in [0, 0.1) is 0 Å². The Morgan fingerprint density at radius 1 is 1.15 bits per heavy atom. The lowest BCUT2D eigenvalue weighted by Gasteiger charge is -2.21. The summed E-state index contributed by atoms with van der Waals surface area (Å²) in [6, 6.07) is 7.96. The third-order valence-electron chi connectivity index (χ3n) is 3.31. The van der Waals surface area contributed by atoms with Gasteiger partial charge < -0.3 is 4.74 Å². The summed E-state index contributed by atoms with van der Waals surface area (Å²) in [6.45, 7) is -0.326. The zero-order valence-corrected chi connectivity index (χ0v) is 12.1. The molecule has 1 aliphatic rings. The van der Waals surface area contributed by atoms with Gasteiger partial charge >= 0.3 is 5.97 Å². The topological polar surface area (TPSA) is 72.5 Å². The first-order chi connectivity index (χ1) is 9.58. The number of benzene rings is 1. The summed E-state index contributed by atoms with van der Waals surface area (Å²) >= 11 is 0. The number of carbonyl (C=O) groups is 1. The lowest BCUT2D eigenvalue weighted by Crippen LogP contribution is -2.33. The monoisotopic (exact) mass is 297 g/mol. The van der Waals surface area contributed by atoms with Gasteiger partial charge in [0.05, 0.1) is 4.90 Å². The van der Waals surface area contributed by atoms with Crippen LogP contribution in [-0.4, -0.2) is 27.0 Å². The minimum absolute atomic E-state index is 0.0579. The van der Waals surface area contributed by atoms with Crippen LogP contribution in [0.25, 0.3) is 0 Å². The highest BCUT2D eigenvalue weighted by Crippen LogP contribution is 2.20. The quantitative estimate of drug-likeness (QED) is 0.842. The second kappa shape index (κ2) is 6.85. The number of rotatable bonds is 5. The second-order valence-corrected chi connectivity index (χ2v) is 6.65. The molecule has 0 bridgehead atoms. The normalized spacial score (nSPS) is 16.8. The lowest BCUT2D eigenvalue weighted by molar-refractivity contribution is -0.148. The molecule has 0 aromatic heterocycles. The summed E-state index contributed by atoms with van der Waals surface area (Å²) in [5.74, 6) is -0.517. The zero-order valence-electron chi connectivity index (χ0n) is 11.2. The van der Waals surface area contributed by atoms with E-state index in [0.29, 0.717) is 0 Å². The van der Waals surface area contributed by atoms with Crippen molar-refractivity contribution in [1.29, 1.82) is 0 Å². The molecule has 6 heteroatoms. The smallest absolute Gasteiger partial charge is 0.321 e. The maximum atomic E-state index is 11.9. The molecule has 1 N–H and O–H groups in total. The van der Waals surface area contributed by atoms with Crippen molar-refractivity contribution in [2.24, 2.45) is 0 Å². The van der Waals surface area contributed by atoms with Gasteiger partial charge in [-0.25, -0.2) is 8.42 Å². The third-order valence-corrected chi connectivity index (χ3v) is 4.73. The molecule has 0 spiro atoms. The highest BCUT2D eigenvalue weighted by Gasteiger charge is 2.20. The molecule has 0 unspecified atom stereocenters. The number of carbonyl (C=O) groups excluding carboxylic acids is 1. The SMILES string of the molecule is O=C(CNS(=O)(=O)c1ccccc1)OC1CCCCC1. The highest BCUT2D eigenvalue weighted by atomic mass is 32.2. The third kappa shape index (κ3) is 4.31. The average molecular weight is 297 g/mol. The van der Waals surface area contributed by atoms with E-state index in [2.05, 4.69) is 4.72 Å². The molecule has 1 aromatic rings. The van der Waals surface area contributed by atoms with Crippen molar-refractivity contribution in [3.63, 3.8) is 0 Å². The molecule has 0 saturated heterocycles. The number of ether oxygens (including phenoxy) is 1. The van der Waals surface area contributed by atoms with Crippen molar-refractivity contribution in [3.8, 4) is 0 Å². The Bertz CT molecular complexity index is 536. The Labute approximate surface area is 119 Å². The maximum absolute atomic E-state index is 11.9. The molecule has 0 aliphatic heterocycles. The predicted octanol–water partition coefficient (Wildman–Crippen LogP) is 1.84. The van der Waals surface area contributed by atoms with Crippen LogP contribution in [0.1, 0.15) is 32.1 Å². The number of nitrogens with one attached hydrogen (secondary N) is 1. The first kappa shape index (κ1) is 15.0. The Hall–Kier alpha value is -1.40. The summed E-state index contributed by atoms with van der Waals surface area (Å²) in [4.78, 5) is 11.8. The fourth-order valence-electron chi connectivity index (χ4n) is 2.25. The van der Waals surface area contributed by atoms with Crippen LogP contribution in [0.2, 0.25) is 0 Å². The van der Waals surface area contributed by atoms with Crippen molar-refractivity contribution >= 4 is 16.0 Å². The molecule has 5 nitrogen and oxygen atoms in total. The van der Waals surface area contributed by atoms with Crippen LogP contribution in [0.3, 0.4) is 0 Å². The minimum Gasteiger partial charge on any atom is -0.461 e. The first-order valence-corrected chi connectivity index (χ1v) is 8.30. The molecule has 1 saturated carbocycles. The highest BCUT2D eigenvalue weighted by molar-refractivity contribution is 7.89. The van der Waals surface area contributed by atoms with Crippen molar-refractivity contribution in [1.82, 2.24) is 4.72 Å². The number of esters is 1. The van der Waals surface area contributed by atoms with Crippen LogP contribution >= 0.6 is 0 Å². The van der Waals surface area contributed by atoms with Crippen molar-refractivity contribution in [3.05, 3.63) is 30.3 Å². The van der Waals surface area contributed by atoms with Gasteiger partial charge in [0.15, 0.2) is 0 Å². The standard InChI is InChI=1S/C14H19NO4S/c16-14(19-12-7-3-1-4-8-12)11-15-20(17,18)13-9-5-2-6-10-13/h2,5-6,9-10,12,15H,1,3-4,7-8,11H2. The van der Waals surface area contributed by atoms with E-state index in [1.165, 1.54) is 18.6 Å². The maximum Gasteiger partial charge on any atom is 0.321 e. The summed E-state index contributed by atoms with van der Waals surface area (Å²) in [5.41, 5.74) is 0. The number of hydrogen-bond acceptors (Lipinski definition) is 4. The average Bonchev–Trinajstić information content (AvgIpc) is 2.47. The Balaban J connectivity index is 1.83. The largest absolute Gasteiger partial charge is 0.461 e. The molecule has 1 aliphatic carbocycles.